The Balaban J connectivity index is 0. The average Bonchev–Trinajstić information content (AvgIpc) is 2.26. The summed E-state index contributed by atoms with van der Waals surface area (Å²) in [6.45, 7) is 2.23. The third kappa shape index (κ3) is 14.4. The van der Waals surface area contributed by atoms with E-state index in [0.29, 0.717) is 6.61 Å². The maximum absolute atomic E-state index is 10.2. The van der Waals surface area contributed by atoms with Gasteiger partial charge in [-0.25, -0.2) is 0 Å². The molecule has 96 valence electrons. The number of aldehydes is 1. The van der Waals surface area contributed by atoms with E-state index in [1.165, 1.54) is 0 Å². The molecule has 6 heteroatoms. The van der Waals surface area contributed by atoms with E-state index in [0.717, 1.165) is 11.8 Å². The predicted octanol–water partition coefficient (Wildman–Crippen LogP) is 4.31. The SMILES string of the molecule is C[C@@H](C=O)OCc1ccccc1.[CH3-].[Cl][Ti+]([Cl])[Cl]. The number of halogens is 3. The van der Waals surface area contributed by atoms with Crippen LogP contribution in [0.4, 0.5) is 0 Å². The summed E-state index contributed by atoms with van der Waals surface area (Å²) in [7, 11) is 14.9. The van der Waals surface area contributed by atoms with Crippen LogP contribution < -0.4 is 0 Å². The summed E-state index contributed by atoms with van der Waals surface area (Å²) in [6, 6.07) is 9.79. The minimum atomic E-state index is -1.92. The third-order valence-electron chi connectivity index (χ3n) is 1.55. The molecular weight excluding hydrogens is 318 g/mol. The van der Waals surface area contributed by atoms with Crippen LogP contribution in [-0.4, -0.2) is 12.4 Å². The number of hydrogen-bond donors (Lipinski definition) is 0. The predicted molar refractivity (Wildman–Crippen MR) is 70.7 cm³/mol. The van der Waals surface area contributed by atoms with Crippen LogP contribution in [0.25, 0.3) is 0 Å². The zero-order valence-electron chi connectivity index (χ0n) is 9.70. The first-order chi connectivity index (χ1) is 7.56. The van der Waals surface area contributed by atoms with Crippen molar-refractivity contribution < 1.29 is 24.2 Å². The van der Waals surface area contributed by atoms with Crippen molar-refractivity contribution in [2.75, 3.05) is 0 Å². The first-order valence-corrected chi connectivity index (χ1v) is 10.9. The Morgan fingerprint density at radius 2 is 1.76 bits per heavy atom. The van der Waals surface area contributed by atoms with Gasteiger partial charge in [0.05, 0.1) is 6.61 Å². The molecular formula is C11H15Cl3O2Ti. The first-order valence-electron chi connectivity index (χ1n) is 4.50. The molecule has 0 aliphatic heterocycles. The van der Waals surface area contributed by atoms with Gasteiger partial charge in [0.2, 0.25) is 0 Å². The molecule has 0 fully saturated rings. The van der Waals surface area contributed by atoms with E-state index in [-0.39, 0.29) is 13.5 Å². The van der Waals surface area contributed by atoms with Crippen molar-refractivity contribution in [3.63, 3.8) is 0 Å². The Hall–Kier alpha value is 0.434. The van der Waals surface area contributed by atoms with E-state index in [1.807, 2.05) is 30.3 Å². The van der Waals surface area contributed by atoms with Crippen LogP contribution in [0.15, 0.2) is 30.3 Å². The van der Waals surface area contributed by atoms with Gasteiger partial charge in [-0.2, -0.15) is 0 Å². The van der Waals surface area contributed by atoms with Gasteiger partial charge >= 0.3 is 42.6 Å². The molecule has 2 nitrogen and oxygen atoms in total. The molecule has 17 heavy (non-hydrogen) atoms. The van der Waals surface area contributed by atoms with Crippen LogP contribution in [0.5, 0.6) is 0 Å². The Morgan fingerprint density at radius 3 is 2.18 bits per heavy atom. The number of carbonyl (C=O) groups excluding carboxylic acids is 1. The molecule has 1 rings (SSSR count). The van der Waals surface area contributed by atoms with Crippen LogP contribution in [0.1, 0.15) is 12.5 Å². The second-order valence-corrected chi connectivity index (χ2v) is 10.6. The van der Waals surface area contributed by atoms with Crippen LogP contribution in [0, 0.1) is 7.43 Å². The van der Waals surface area contributed by atoms with Crippen molar-refractivity contribution >= 4 is 34.2 Å². The summed E-state index contributed by atoms with van der Waals surface area (Å²) in [5.41, 5.74) is 1.09. The third-order valence-corrected chi connectivity index (χ3v) is 1.55. The van der Waals surface area contributed by atoms with Crippen LogP contribution in [-0.2, 0) is 30.8 Å². The fourth-order valence-corrected chi connectivity index (χ4v) is 0.841. The number of rotatable bonds is 4. The summed E-state index contributed by atoms with van der Waals surface area (Å²) in [5.74, 6) is 0. The van der Waals surface area contributed by atoms with E-state index in [4.69, 9.17) is 32.7 Å². The Bertz CT molecular complexity index is 281. The van der Waals surface area contributed by atoms with Crippen molar-refractivity contribution in [2.24, 2.45) is 0 Å². The van der Waals surface area contributed by atoms with Gasteiger partial charge in [0.25, 0.3) is 0 Å². The fraction of sp³-hybridized carbons (Fsp3) is 0.273. The van der Waals surface area contributed by atoms with Gasteiger partial charge in [-0.3, -0.25) is 0 Å². The zero-order chi connectivity index (χ0) is 12.4. The van der Waals surface area contributed by atoms with Gasteiger partial charge in [-0.1, -0.05) is 30.3 Å². The summed E-state index contributed by atoms with van der Waals surface area (Å²) < 4.78 is 5.21. The molecule has 0 bridgehead atoms. The molecule has 0 saturated heterocycles. The van der Waals surface area contributed by atoms with Gasteiger partial charge in [-0.05, 0) is 12.5 Å². The van der Waals surface area contributed by atoms with Gasteiger partial charge < -0.3 is 17.0 Å². The van der Waals surface area contributed by atoms with Crippen LogP contribution >= 0.6 is 27.9 Å². The van der Waals surface area contributed by atoms with Crippen molar-refractivity contribution in [1.29, 1.82) is 0 Å². The fourth-order valence-electron chi connectivity index (χ4n) is 0.841. The molecule has 1 aromatic carbocycles. The normalized spacial score (nSPS) is 10.4. The number of benzene rings is 1. The van der Waals surface area contributed by atoms with E-state index >= 15 is 0 Å². The second-order valence-electron chi connectivity index (χ2n) is 2.85. The van der Waals surface area contributed by atoms with Crippen molar-refractivity contribution in [2.45, 2.75) is 19.6 Å². The summed E-state index contributed by atoms with van der Waals surface area (Å²) in [4.78, 5) is 10.2. The van der Waals surface area contributed by atoms with Crippen molar-refractivity contribution in [1.82, 2.24) is 0 Å². The maximum atomic E-state index is 10.2. The molecule has 0 amide bonds. The molecule has 0 aliphatic rings. The zero-order valence-corrected chi connectivity index (χ0v) is 13.5. The van der Waals surface area contributed by atoms with E-state index in [1.54, 1.807) is 6.92 Å². The number of carbonyl (C=O) groups is 1. The molecule has 0 aliphatic carbocycles. The molecule has 1 aromatic rings. The Labute approximate surface area is 121 Å². The first kappa shape index (κ1) is 19.8. The van der Waals surface area contributed by atoms with Crippen molar-refractivity contribution in [3.05, 3.63) is 43.3 Å². The summed E-state index contributed by atoms with van der Waals surface area (Å²) in [6.07, 6.45) is 0.480. The molecule has 0 aromatic heterocycles. The molecule has 1 atom stereocenters. The van der Waals surface area contributed by atoms with Gasteiger partial charge in [0.1, 0.15) is 12.4 Å². The molecule has 0 saturated carbocycles. The molecule has 0 heterocycles. The molecule has 0 radical (unpaired) electrons. The Morgan fingerprint density at radius 1 is 1.29 bits per heavy atom. The Kier molecular flexibility index (Phi) is 15.0. The van der Waals surface area contributed by atoms with Gasteiger partial charge in [0.15, 0.2) is 0 Å². The minimum absolute atomic E-state index is 0. The standard InChI is InChI=1S/C10H12O2.CH3.3ClH.Ti/c1-9(7-11)12-8-10-5-3-2-4-6-10;;;;;/h2-7,9H,8H2,1H3;1H3;3*1H;/q;-1;;;;+4/p-3/t9-;;;;;/m0...../s1. The quantitative estimate of drug-likeness (QED) is 0.466. The number of hydrogen-bond acceptors (Lipinski definition) is 2. The van der Waals surface area contributed by atoms with E-state index in [2.05, 4.69) is 0 Å². The van der Waals surface area contributed by atoms with E-state index in [9.17, 15) is 4.79 Å². The molecule has 0 spiro atoms. The summed E-state index contributed by atoms with van der Waals surface area (Å²) >= 11 is -1.92. The van der Waals surface area contributed by atoms with Crippen molar-refractivity contribution in [3.8, 4) is 0 Å². The van der Waals surface area contributed by atoms with Gasteiger partial charge in [0, 0.05) is 0 Å². The topological polar surface area (TPSA) is 26.3 Å². The molecule has 0 N–H and O–H groups in total. The van der Waals surface area contributed by atoms with E-state index < -0.39 is 14.7 Å². The number of ether oxygens (including phenoxy) is 1. The second kappa shape index (κ2) is 12.9. The average molecular weight is 333 g/mol. The monoisotopic (exact) mass is 332 g/mol. The molecule has 0 unspecified atom stereocenters. The van der Waals surface area contributed by atoms with Crippen LogP contribution in [0.3, 0.4) is 0 Å². The van der Waals surface area contributed by atoms with Crippen LogP contribution in [0.2, 0.25) is 0 Å². The van der Waals surface area contributed by atoms with Gasteiger partial charge in [-0.15, -0.1) is 0 Å². The summed E-state index contributed by atoms with van der Waals surface area (Å²) in [5, 5.41) is 0.